The molecule has 19 heavy (non-hydrogen) atoms. The van der Waals surface area contributed by atoms with Crippen LogP contribution in [-0.2, 0) is 9.84 Å². The molecule has 1 N–H and O–H groups in total. The Labute approximate surface area is 120 Å². The molecule has 0 aliphatic carbocycles. The third-order valence-electron chi connectivity index (χ3n) is 2.32. The lowest BCUT2D eigenvalue weighted by Gasteiger charge is -2.06. The van der Waals surface area contributed by atoms with Crippen molar-refractivity contribution in [2.75, 3.05) is 29.6 Å². The van der Waals surface area contributed by atoms with E-state index in [0.29, 0.717) is 11.7 Å². The molecule has 0 amide bonds. The van der Waals surface area contributed by atoms with Crippen LogP contribution in [0.1, 0.15) is 6.92 Å². The predicted molar refractivity (Wildman–Crippen MR) is 82.0 cm³/mol. The van der Waals surface area contributed by atoms with Gasteiger partial charge in [0.05, 0.1) is 5.75 Å². The first kappa shape index (κ1) is 14.5. The van der Waals surface area contributed by atoms with Crippen molar-refractivity contribution in [2.45, 2.75) is 11.9 Å². The number of aromatic nitrogens is 2. The van der Waals surface area contributed by atoms with E-state index in [1.807, 2.05) is 18.4 Å². The zero-order valence-corrected chi connectivity index (χ0v) is 13.2. The van der Waals surface area contributed by atoms with Crippen molar-refractivity contribution in [3.8, 4) is 0 Å². The molecule has 2 rings (SSSR count). The lowest BCUT2D eigenvalue weighted by atomic mass is 10.4. The fraction of sp³-hybridized carbons (Fsp3) is 0.455. The summed E-state index contributed by atoms with van der Waals surface area (Å²) in [7, 11) is -2.93. The van der Waals surface area contributed by atoms with Crippen LogP contribution in [0.15, 0.2) is 16.5 Å². The zero-order chi connectivity index (χ0) is 13.9. The number of fused-ring (bicyclic) bond motifs is 1. The average Bonchev–Trinajstić information content (AvgIpc) is 2.76. The maximum Gasteiger partial charge on any atom is 0.225 e. The second-order valence-electron chi connectivity index (χ2n) is 4.00. The lowest BCUT2D eigenvalue weighted by Crippen LogP contribution is -2.06. The molecular formula is C11H15N3O2S3. The van der Waals surface area contributed by atoms with E-state index in [1.54, 1.807) is 11.3 Å². The van der Waals surface area contributed by atoms with Gasteiger partial charge < -0.3 is 5.32 Å². The largest absolute Gasteiger partial charge is 0.354 e. The molecule has 5 nitrogen and oxygen atoms in total. The zero-order valence-electron chi connectivity index (χ0n) is 10.7. The van der Waals surface area contributed by atoms with E-state index in [4.69, 9.17) is 0 Å². The summed E-state index contributed by atoms with van der Waals surface area (Å²) in [5.41, 5.74) is 0. The summed E-state index contributed by atoms with van der Waals surface area (Å²) < 4.78 is 22.3. The van der Waals surface area contributed by atoms with Gasteiger partial charge in [0.25, 0.3) is 0 Å². The lowest BCUT2D eigenvalue weighted by molar-refractivity contribution is 0.603. The van der Waals surface area contributed by atoms with E-state index in [1.165, 1.54) is 18.0 Å². The van der Waals surface area contributed by atoms with Crippen molar-refractivity contribution in [1.82, 2.24) is 9.97 Å². The summed E-state index contributed by atoms with van der Waals surface area (Å²) in [6.07, 6.45) is 1.25. The fourth-order valence-corrected chi connectivity index (χ4v) is 4.50. The number of anilines is 1. The van der Waals surface area contributed by atoms with E-state index in [-0.39, 0.29) is 5.75 Å². The second-order valence-corrected chi connectivity index (χ2v) is 8.24. The number of hydrogen-bond acceptors (Lipinski definition) is 7. The molecule has 2 aromatic heterocycles. The van der Waals surface area contributed by atoms with Crippen LogP contribution < -0.4 is 5.32 Å². The monoisotopic (exact) mass is 317 g/mol. The van der Waals surface area contributed by atoms with Gasteiger partial charge >= 0.3 is 0 Å². The molecule has 0 aliphatic rings. The summed E-state index contributed by atoms with van der Waals surface area (Å²) in [6, 6.07) is 1.97. The highest BCUT2D eigenvalue weighted by Gasteiger charge is 2.10. The maximum atomic E-state index is 11.1. The number of hydrogen-bond donors (Lipinski definition) is 1. The Hall–Kier alpha value is -0.860. The SMILES string of the molecule is CCNc1nc(SCCS(C)(=O)=O)c2ccsc2n1. The normalized spacial score (nSPS) is 11.9. The first-order valence-corrected chi connectivity index (χ1v) is 9.72. The summed E-state index contributed by atoms with van der Waals surface area (Å²) >= 11 is 3.02. The molecular weight excluding hydrogens is 302 g/mol. The molecule has 0 aromatic carbocycles. The van der Waals surface area contributed by atoms with Gasteiger partial charge in [-0.15, -0.1) is 23.1 Å². The molecule has 0 fully saturated rings. The van der Waals surface area contributed by atoms with Crippen molar-refractivity contribution in [2.24, 2.45) is 0 Å². The Kier molecular flexibility index (Phi) is 4.64. The van der Waals surface area contributed by atoms with Crippen LogP contribution in [0.3, 0.4) is 0 Å². The van der Waals surface area contributed by atoms with Gasteiger partial charge in [0.2, 0.25) is 5.95 Å². The van der Waals surface area contributed by atoms with Crippen molar-refractivity contribution < 1.29 is 8.42 Å². The van der Waals surface area contributed by atoms with Crippen LogP contribution in [0.4, 0.5) is 5.95 Å². The predicted octanol–water partition coefficient (Wildman–Crippen LogP) is 2.26. The standard InChI is InChI=1S/C11H15N3O2S3/c1-3-12-11-13-9-8(4-5-17-9)10(14-11)18-6-7-19(2,15)16/h4-5H,3,6-7H2,1-2H3,(H,12,13,14). The van der Waals surface area contributed by atoms with E-state index in [9.17, 15) is 8.42 Å². The van der Waals surface area contributed by atoms with Crippen molar-refractivity contribution in [3.63, 3.8) is 0 Å². The molecule has 0 spiro atoms. The number of nitrogens with zero attached hydrogens (tertiary/aromatic N) is 2. The molecule has 8 heteroatoms. The van der Waals surface area contributed by atoms with E-state index in [0.717, 1.165) is 21.8 Å². The Morgan fingerprint density at radius 1 is 1.42 bits per heavy atom. The minimum atomic E-state index is -2.93. The molecule has 2 heterocycles. The Morgan fingerprint density at radius 2 is 2.21 bits per heavy atom. The van der Waals surface area contributed by atoms with Crippen LogP contribution in [0.5, 0.6) is 0 Å². The average molecular weight is 317 g/mol. The summed E-state index contributed by atoms with van der Waals surface area (Å²) in [5, 5.41) is 6.89. The van der Waals surface area contributed by atoms with Crippen molar-refractivity contribution >= 4 is 49.1 Å². The minimum Gasteiger partial charge on any atom is -0.354 e. The molecule has 0 saturated heterocycles. The Bertz CT molecular complexity index is 667. The van der Waals surface area contributed by atoms with Gasteiger partial charge in [-0.25, -0.2) is 18.4 Å². The van der Waals surface area contributed by atoms with Crippen LogP contribution in [0, 0.1) is 0 Å². The third kappa shape index (κ3) is 4.05. The topological polar surface area (TPSA) is 72.0 Å². The number of thiophene rings is 1. The van der Waals surface area contributed by atoms with Crippen LogP contribution >= 0.6 is 23.1 Å². The quantitative estimate of drug-likeness (QED) is 0.651. The summed E-state index contributed by atoms with van der Waals surface area (Å²) in [4.78, 5) is 9.77. The highest BCUT2D eigenvalue weighted by Crippen LogP contribution is 2.29. The Morgan fingerprint density at radius 3 is 2.89 bits per heavy atom. The van der Waals surface area contributed by atoms with E-state index < -0.39 is 9.84 Å². The molecule has 0 saturated carbocycles. The van der Waals surface area contributed by atoms with Crippen molar-refractivity contribution in [3.05, 3.63) is 11.4 Å². The van der Waals surface area contributed by atoms with Gasteiger partial charge in [-0.3, -0.25) is 0 Å². The molecule has 104 valence electrons. The van der Waals surface area contributed by atoms with Gasteiger partial charge in [-0.2, -0.15) is 0 Å². The number of rotatable bonds is 6. The van der Waals surface area contributed by atoms with E-state index >= 15 is 0 Å². The first-order valence-electron chi connectivity index (χ1n) is 5.79. The number of nitrogens with one attached hydrogen (secondary N) is 1. The molecule has 2 aromatic rings. The van der Waals surface area contributed by atoms with Gasteiger partial charge in [0, 0.05) is 23.9 Å². The molecule has 0 radical (unpaired) electrons. The number of thioether (sulfide) groups is 1. The third-order valence-corrected chi connectivity index (χ3v) is 5.32. The number of sulfone groups is 1. The smallest absolute Gasteiger partial charge is 0.225 e. The second kappa shape index (κ2) is 6.06. The molecule has 0 atom stereocenters. The van der Waals surface area contributed by atoms with Crippen LogP contribution in [0.25, 0.3) is 10.2 Å². The Balaban J connectivity index is 2.22. The molecule has 0 bridgehead atoms. The summed E-state index contributed by atoms with van der Waals surface area (Å²) in [5.74, 6) is 1.26. The molecule has 0 aliphatic heterocycles. The van der Waals surface area contributed by atoms with Crippen LogP contribution in [-0.4, -0.2) is 42.7 Å². The van der Waals surface area contributed by atoms with Crippen LogP contribution in [0.2, 0.25) is 0 Å². The minimum absolute atomic E-state index is 0.157. The van der Waals surface area contributed by atoms with Gasteiger partial charge in [0.15, 0.2) is 0 Å². The van der Waals surface area contributed by atoms with Gasteiger partial charge in [0.1, 0.15) is 19.7 Å². The fourth-order valence-electron chi connectivity index (χ4n) is 1.47. The van der Waals surface area contributed by atoms with Crippen molar-refractivity contribution in [1.29, 1.82) is 0 Å². The maximum absolute atomic E-state index is 11.1. The summed E-state index contributed by atoms with van der Waals surface area (Å²) in [6.45, 7) is 2.74. The van der Waals surface area contributed by atoms with Gasteiger partial charge in [-0.05, 0) is 18.4 Å². The highest BCUT2D eigenvalue weighted by atomic mass is 32.2. The molecule has 0 unspecified atom stereocenters. The highest BCUT2D eigenvalue weighted by molar-refractivity contribution is 8.00. The van der Waals surface area contributed by atoms with Gasteiger partial charge in [-0.1, -0.05) is 0 Å². The van der Waals surface area contributed by atoms with E-state index in [2.05, 4.69) is 15.3 Å². The first-order chi connectivity index (χ1) is 8.99.